The number of fused-ring (bicyclic) bond motifs is 5. The molecule has 1 saturated carbocycles. The number of hydrogen-bond acceptors (Lipinski definition) is 22. The van der Waals surface area contributed by atoms with E-state index in [0.29, 0.717) is 104 Å². The molecule has 30 heteroatoms. The number of primary amides is 1. The third kappa shape index (κ3) is 25.5. The van der Waals surface area contributed by atoms with Gasteiger partial charge in [-0.1, -0.05) is 122 Å². The minimum atomic E-state index is -0.417. The summed E-state index contributed by atoms with van der Waals surface area (Å²) in [5, 5.41) is 50.6. The Kier molecular flexibility index (Phi) is 34.8. The number of anilines is 3. The first-order valence-electron chi connectivity index (χ1n) is 46.4. The monoisotopic (exact) mass is 1930 g/mol. The second-order valence-corrected chi connectivity index (χ2v) is 36.4. The molecule has 1 aliphatic carbocycles. The maximum atomic E-state index is 12.3. The van der Waals surface area contributed by atoms with E-state index in [0.717, 1.165) is 180 Å². The molecule has 4 aliphatic rings. The fraction of sp³-hybridized carbons (Fsp3) is 0.336. The summed E-state index contributed by atoms with van der Waals surface area (Å²) in [6.45, 7) is 12.5. The van der Waals surface area contributed by atoms with Gasteiger partial charge in [0.1, 0.15) is 29.0 Å². The van der Waals surface area contributed by atoms with Crippen LogP contribution in [0.2, 0.25) is 20.1 Å². The zero-order valence-corrected chi connectivity index (χ0v) is 79.3. The molecule has 10 aromatic carbocycles. The number of amides is 1. The standard InChI is InChI=1S/C36H36Cl2N4O5.C36H42N4O4.C34H36Cl2N6O3.CH4/c1-23(45)16-31(39-20-24-2-9-29(37)30(38)17-24)27-6-10-33-32(19-27)40-36(26-4-7-28(8-5-26)41(12-14-43)13-15-44)42(33)21-25-3-11-34-35(18-25)47-22-46-34;1-25(41)19-31(37-22-26-5-3-2-4-6-26)29-10-13-33-32(21-29)38-36(28-8-11-30(12-9-28)39-15-17-42-18-16-39)40(33)23-27-7-14-34-35(20-27)44-24-43-34;35-28-10-4-23(19-29(28)36)22-39-30(21-33(37)45)25-7-11-32-31(20-25)40-34(42(32)14-12-26-3-1-2-13-38-26)24-5-8-27(9-6-24)41(15-17-43)16-18-44;/h2-11,17-19,31,39,43-44H,12-16,20-22H2,1H3;7-14,20-21,26,31,37H,2-6,15-19,22-24H2,1H3;1-11,13,19-20,30,39,43-44H,12,14-18,21-22H2,(H2,37,45);1H4. The molecule has 18 rings (SSSR count). The summed E-state index contributed by atoms with van der Waals surface area (Å²) in [5.74, 6) is 6.05. The minimum Gasteiger partial charge on any atom is -0.454 e. The highest BCUT2D eigenvalue weighted by atomic mass is 35.5. The van der Waals surface area contributed by atoms with Gasteiger partial charge in [0.2, 0.25) is 19.5 Å². The van der Waals surface area contributed by atoms with Gasteiger partial charge in [0.05, 0.1) is 92.8 Å². The first kappa shape index (κ1) is 99.5. The lowest BCUT2D eigenvalue weighted by molar-refractivity contribution is -0.119. The predicted octanol–water partition coefficient (Wildman–Crippen LogP) is 18.7. The van der Waals surface area contributed by atoms with E-state index in [-0.39, 0.29) is 83.6 Å². The molecule has 716 valence electrons. The van der Waals surface area contributed by atoms with Crippen LogP contribution < -0.4 is 55.3 Å². The van der Waals surface area contributed by atoms with Crippen molar-refractivity contribution in [1.29, 1.82) is 0 Å². The number of carbonyl (C=O) groups excluding carboxylic acids is 3. The number of aryl methyl sites for hydroxylation is 2. The lowest BCUT2D eigenvalue weighted by atomic mass is 9.89. The topological polar surface area (TPSA) is 316 Å². The second-order valence-electron chi connectivity index (χ2n) is 34.7. The quantitative estimate of drug-likeness (QED) is 0.0177. The molecule has 2 fully saturated rings. The van der Waals surface area contributed by atoms with Crippen molar-refractivity contribution in [2.75, 3.05) is 114 Å². The van der Waals surface area contributed by atoms with Gasteiger partial charge >= 0.3 is 0 Å². The largest absolute Gasteiger partial charge is 0.454 e. The smallest absolute Gasteiger partial charge is 0.231 e. The number of nitrogens with zero attached hydrogens (tertiary/aromatic N) is 10. The Bertz CT molecular complexity index is 6420. The van der Waals surface area contributed by atoms with E-state index >= 15 is 0 Å². The van der Waals surface area contributed by atoms with Crippen LogP contribution in [-0.4, -0.2) is 171 Å². The average molecular weight is 1930 g/mol. The Morgan fingerprint density at radius 1 is 0.460 bits per heavy atom. The zero-order chi connectivity index (χ0) is 94.6. The van der Waals surface area contributed by atoms with Crippen molar-refractivity contribution in [3.8, 4) is 57.2 Å². The van der Waals surface area contributed by atoms with Crippen LogP contribution >= 0.6 is 46.4 Å². The number of benzene rings is 10. The molecule has 1 amide bonds. The molecule has 26 nitrogen and oxygen atoms in total. The molecule has 7 heterocycles. The molecule has 9 N–H and O–H groups in total. The predicted molar refractivity (Wildman–Crippen MR) is 543 cm³/mol. The van der Waals surface area contributed by atoms with Gasteiger partial charge in [0.25, 0.3) is 0 Å². The number of nitrogens with one attached hydrogen (secondary N) is 3. The van der Waals surface area contributed by atoms with Crippen LogP contribution in [0.25, 0.3) is 67.3 Å². The van der Waals surface area contributed by atoms with Crippen LogP contribution in [0.1, 0.15) is 135 Å². The van der Waals surface area contributed by atoms with Crippen molar-refractivity contribution in [3.05, 3.63) is 289 Å². The molecule has 3 unspecified atom stereocenters. The number of carbonyl (C=O) groups is 3. The van der Waals surface area contributed by atoms with E-state index in [2.05, 4.69) is 100 Å². The molecule has 0 bridgehead atoms. The summed E-state index contributed by atoms with van der Waals surface area (Å²) in [7, 11) is 0. The molecule has 1 saturated heterocycles. The van der Waals surface area contributed by atoms with E-state index in [1.165, 1.54) is 37.8 Å². The molecule has 3 atom stereocenters. The molecular weight excluding hydrogens is 1820 g/mol. The summed E-state index contributed by atoms with van der Waals surface area (Å²) < 4.78 is 34.6. The van der Waals surface area contributed by atoms with Gasteiger partial charge < -0.3 is 94.2 Å². The van der Waals surface area contributed by atoms with E-state index < -0.39 is 5.91 Å². The van der Waals surface area contributed by atoms with E-state index in [4.69, 9.17) is 90.8 Å². The Labute approximate surface area is 818 Å². The number of ketones is 2. The van der Waals surface area contributed by atoms with E-state index in [9.17, 15) is 34.8 Å². The number of rotatable bonds is 39. The number of ether oxygens (including phenoxy) is 5. The Balaban J connectivity index is 0.000000156. The van der Waals surface area contributed by atoms with Gasteiger partial charge in [-0.15, -0.1) is 0 Å². The second kappa shape index (κ2) is 47.9. The van der Waals surface area contributed by atoms with Crippen LogP contribution in [0.15, 0.2) is 225 Å². The highest BCUT2D eigenvalue weighted by Gasteiger charge is 2.28. The van der Waals surface area contributed by atoms with Crippen LogP contribution in [0.4, 0.5) is 17.1 Å². The molecule has 3 aliphatic heterocycles. The Morgan fingerprint density at radius 3 is 1.31 bits per heavy atom. The molecular formula is C107H118Cl4N14O12. The summed E-state index contributed by atoms with van der Waals surface area (Å²) in [6.07, 6.45) is 9.93. The Hall–Kier alpha value is -12.0. The summed E-state index contributed by atoms with van der Waals surface area (Å²) >= 11 is 24.6. The van der Waals surface area contributed by atoms with Crippen molar-refractivity contribution >= 4 is 114 Å². The first-order chi connectivity index (χ1) is 66.3. The van der Waals surface area contributed by atoms with E-state index in [1.807, 2.05) is 149 Å². The highest BCUT2D eigenvalue weighted by Crippen LogP contribution is 2.40. The normalized spacial score (nSPS) is 14.0. The minimum absolute atomic E-state index is 0. The molecule has 0 radical (unpaired) electrons. The number of aromatic nitrogens is 7. The molecule has 0 spiro atoms. The van der Waals surface area contributed by atoms with Crippen molar-refractivity contribution in [2.24, 2.45) is 11.7 Å². The van der Waals surface area contributed by atoms with Crippen LogP contribution in [-0.2, 0) is 58.3 Å². The number of pyridine rings is 1. The van der Waals surface area contributed by atoms with Gasteiger partial charge in [-0.2, -0.15) is 0 Å². The molecule has 137 heavy (non-hydrogen) atoms. The number of Topliss-reactive ketones (excluding diaryl/α,β-unsaturated/α-hetero) is 2. The fourth-order valence-corrected chi connectivity index (χ4v) is 18.8. The maximum absolute atomic E-state index is 12.3. The van der Waals surface area contributed by atoms with Gasteiger partial charge in [0, 0.05) is 161 Å². The third-order valence-electron chi connectivity index (χ3n) is 25.2. The third-order valence-corrected chi connectivity index (χ3v) is 26.7. The van der Waals surface area contributed by atoms with Crippen molar-refractivity contribution in [3.63, 3.8) is 0 Å². The molecule has 4 aromatic heterocycles. The number of imidazole rings is 3. The fourth-order valence-electron chi connectivity index (χ4n) is 18.2. The highest BCUT2D eigenvalue weighted by molar-refractivity contribution is 6.42. The van der Waals surface area contributed by atoms with Crippen molar-refractivity contribution in [2.45, 2.75) is 130 Å². The summed E-state index contributed by atoms with van der Waals surface area (Å²) in [5.41, 5.74) is 25.0. The van der Waals surface area contributed by atoms with Crippen LogP contribution in [0.5, 0.6) is 23.0 Å². The van der Waals surface area contributed by atoms with Gasteiger partial charge in [-0.3, -0.25) is 19.4 Å². The average Bonchev–Trinajstić information content (AvgIpc) is 1.77. The van der Waals surface area contributed by atoms with E-state index in [1.54, 1.807) is 38.2 Å². The van der Waals surface area contributed by atoms with Crippen LogP contribution in [0.3, 0.4) is 0 Å². The lowest BCUT2D eigenvalue weighted by Gasteiger charge is -2.28. The van der Waals surface area contributed by atoms with Crippen LogP contribution in [0, 0.1) is 5.92 Å². The molecule has 14 aromatic rings. The SMILES string of the molecule is C.CC(=O)CC(NCC1CCCCC1)c1ccc2c(c1)nc(-c1ccc(N3CCOCC3)cc1)n2Cc1ccc2c(c1)OCO2.CC(=O)CC(NCc1ccc(Cl)c(Cl)c1)c1ccc2c(c1)nc(-c1ccc(N(CCO)CCO)cc1)n2Cc1ccc2c(c1)OCO2.NC(=O)CC(NCc1ccc(Cl)c(Cl)c1)c1ccc2c(c1)nc(-c1ccc(N(CCO)CCO)cc1)n2CCc1ccccn1. The maximum Gasteiger partial charge on any atom is 0.231 e. The van der Waals surface area contributed by atoms with Gasteiger partial charge in [-0.05, 0) is 248 Å². The lowest BCUT2D eigenvalue weighted by Crippen LogP contribution is -2.36. The number of aliphatic hydroxyl groups is 4. The van der Waals surface area contributed by atoms with Gasteiger partial charge in [-0.25, -0.2) is 15.0 Å². The summed E-state index contributed by atoms with van der Waals surface area (Å²) in [4.78, 5) is 62.9. The zero-order valence-electron chi connectivity index (χ0n) is 76.3. The first-order valence-corrected chi connectivity index (χ1v) is 47.9. The summed E-state index contributed by atoms with van der Waals surface area (Å²) in [6, 6.07) is 71.7. The Morgan fingerprint density at radius 2 is 0.883 bits per heavy atom. The van der Waals surface area contributed by atoms with Crippen molar-refractivity contribution < 1.29 is 58.5 Å². The number of halogens is 4. The number of hydrogen-bond donors (Lipinski definition) is 8. The number of morpholine rings is 1. The van der Waals surface area contributed by atoms with Gasteiger partial charge in [0.15, 0.2) is 23.0 Å². The van der Waals surface area contributed by atoms with Crippen molar-refractivity contribution in [1.82, 2.24) is 49.6 Å². The number of nitrogens with two attached hydrogens (primary N) is 1. The number of aliphatic hydroxyl groups excluding tert-OH is 4.